The van der Waals surface area contributed by atoms with Crippen LogP contribution in [0, 0.1) is 5.82 Å². The third-order valence-corrected chi connectivity index (χ3v) is 8.36. The number of nitrogens with zero attached hydrogens (tertiary/aromatic N) is 4. The fourth-order valence-electron chi connectivity index (χ4n) is 3.99. The van der Waals surface area contributed by atoms with Crippen LogP contribution in [0.3, 0.4) is 0 Å². The summed E-state index contributed by atoms with van der Waals surface area (Å²) in [5.74, 6) is -0.327. The van der Waals surface area contributed by atoms with Crippen LogP contribution in [-0.2, 0) is 7.05 Å². The summed E-state index contributed by atoms with van der Waals surface area (Å²) in [6.07, 6.45) is 4.07. The Labute approximate surface area is 181 Å². The molecule has 29 heavy (non-hydrogen) atoms. The van der Waals surface area contributed by atoms with E-state index in [9.17, 15) is 4.39 Å². The summed E-state index contributed by atoms with van der Waals surface area (Å²) in [5.41, 5.74) is 1.15. The van der Waals surface area contributed by atoms with Crippen LogP contribution in [0.5, 0.6) is 0 Å². The lowest BCUT2D eigenvalue weighted by Crippen LogP contribution is -2.42. The van der Waals surface area contributed by atoms with Crippen molar-refractivity contribution in [2.24, 2.45) is 7.05 Å². The third kappa shape index (κ3) is 3.42. The Morgan fingerprint density at radius 1 is 1.28 bits per heavy atom. The molecule has 0 bridgehead atoms. The second kappa shape index (κ2) is 7.50. The fraction of sp³-hybridized carbons (Fsp3) is 0.400. The summed E-state index contributed by atoms with van der Waals surface area (Å²) in [7, 11) is 1.79. The van der Waals surface area contributed by atoms with Gasteiger partial charge >= 0.3 is 0 Å². The molecule has 0 unspecified atom stereocenters. The van der Waals surface area contributed by atoms with Crippen molar-refractivity contribution >= 4 is 59.7 Å². The minimum Gasteiger partial charge on any atom is -0.362 e. The first kappa shape index (κ1) is 19.2. The van der Waals surface area contributed by atoms with Gasteiger partial charge in [0.1, 0.15) is 20.4 Å². The monoisotopic (exact) mass is 449 g/mol. The predicted octanol–water partition coefficient (Wildman–Crippen LogP) is 5.28. The van der Waals surface area contributed by atoms with Gasteiger partial charge in [0, 0.05) is 43.3 Å². The molecule has 152 valence electrons. The molecule has 0 aliphatic carbocycles. The second-order valence-corrected chi connectivity index (χ2v) is 9.75. The van der Waals surface area contributed by atoms with E-state index in [0.717, 1.165) is 68.0 Å². The van der Waals surface area contributed by atoms with Gasteiger partial charge in [-0.15, -0.1) is 11.3 Å². The summed E-state index contributed by atoms with van der Waals surface area (Å²) in [6, 6.07) is 4.05. The van der Waals surface area contributed by atoms with E-state index in [1.807, 2.05) is 12.3 Å². The van der Waals surface area contributed by atoms with Crippen LogP contribution < -0.4 is 10.2 Å². The predicted molar refractivity (Wildman–Crippen MR) is 121 cm³/mol. The Hall–Kier alpha value is -1.74. The minimum atomic E-state index is -0.327. The van der Waals surface area contributed by atoms with Gasteiger partial charge in [0.2, 0.25) is 0 Å². The van der Waals surface area contributed by atoms with Crippen LogP contribution in [-0.4, -0.2) is 40.4 Å². The highest BCUT2D eigenvalue weighted by atomic mass is 35.5. The van der Waals surface area contributed by atoms with Gasteiger partial charge in [-0.25, -0.2) is 9.37 Å². The lowest BCUT2D eigenvalue weighted by Gasteiger charge is -2.33. The molecule has 1 saturated heterocycles. The van der Waals surface area contributed by atoms with Crippen LogP contribution in [0.15, 0.2) is 18.3 Å². The van der Waals surface area contributed by atoms with Crippen LogP contribution in [0.2, 0.25) is 5.02 Å². The number of rotatable bonds is 4. The van der Waals surface area contributed by atoms with Crippen LogP contribution in [0.1, 0.15) is 19.8 Å². The second-order valence-electron chi connectivity index (χ2n) is 7.39. The molecule has 0 spiro atoms. The number of thiazole rings is 1. The first-order valence-electron chi connectivity index (χ1n) is 9.74. The number of nitrogens with one attached hydrogen (secondary N) is 1. The van der Waals surface area contributed by atoms with Crippen molar-refractivity contribution in [1.29, 1.82) is 0 Å². The minimum absolute atomic E-state index is 0.327. The Balaban J connectivity index is 1.45. The summed E-state index contributed by atoms with van der Waals surface area (Å²) in [5, 5.41) is 11.1. The summed E-state index contributed by atoms with van der Waals surface area (Å²) in [4.78, 5) is 8.07. The highest BCUT2D eigenvalue weighted by Crippen LogP contribution is 2.47. The molecule has 0 atom stereocenters. The molecule has 4 aromatic rings. The van der Waals surface area contributed by atoms with Gasteiger partial charge < -0.3 is 10.2 Å². The molecule has 0 saturated carbocycles. The van der Waals surface area contributed by atoms with Gasteiger partial charge in [-0.3, -0.25) is 4.68 Å². The third-order valence-electron chi connectivity index (χ3n) is 5.38. The first-order chi connectivity index (χ1) is 14.0. The quantitative estimate of drug-likeness (QED) is 0.460. The maximum absolute atomic E-state index is 14.5. The molecule has 1 N–H and O–H groups in total. The summed E-state index contributed by atoms with van der Waals surface area (Å²) < 4.78 is 17.1. The number of aryl methyl sites for hydroxylation is 1. The van der Waals surface area contributed by atoms with E-state index in [1.54, 1.807) is 23.1 Å². The summed E-state index contributed by atoms with van der Waals surface area (Å²) >= 11 is 9.92. The number of halogens is 2. The Bertz CT molecular complexity index is 1190. The zero-order valence-corrected chi connectivity index (χ0v) is 18.6. The van der Waals surface area contributed by atoms with E-state index in [-0.39, 0.29) is 5.82 Å². The number of anilines is 1. The standard InChI is InChI=1S/C20H21ClFN5S2/c1-3-23-13-4-6-27(7-5-13)20-15(21)17-19(29-20)24-18(28-17)11-8-12-10-26(2)25-16(12)14(22)9-11/h8-10,13,23H,3-7H2,1-2H3. The van der Waals surface area contributed by atoms with E-state index >= 15 is 0 Å². The topological polar surface area (TPSA) is 46.0 Å². The van der Waals surface area contributed by atoms with Crippen molar-refractivity contribution in [3.8, 4) is 10.6 Å². The highest BCUT2D eigenvalue weighted by molar-refractivity contribution is 7.31. The average Bonchev–Trinajstić information content (AvgIpc) is 3.37. The lowest BCUT2D eigenvalue weighted by atomic mass is 10.1. The van der Waals surface area contributed by atoms with Gasteiger partial charge in [0.25, 0.3) is 0 Å². The molecule has 9 heteroatoms. The fourth-order valence-corrected chi connectivity index (χ4v) is 6.76. The number of fused-ring (bicyclic) bond motifs is 2. The van der Waals surface area contributed by atoms with Gasteiger partial charge in [0.05, 0.1) is 9.72 Å². The number of hydrogen-bond donors (Lipinski definition) is 1. The Kier molecular flexibility index (Phi) is 4.98. The van der Waals surface area contributed by atoms with Crippen molar-refractivity contribution in [3.05, 3.63) is 29.2 Å². The van der Waals surface area contributed by atoms with Crippen molar-refractivity contribution in [1.82, 2.24) is 20.1 Å². The molecule has 0 amide bonds. The van der Waals surface area contributed by atoms with E-state index in [2.05, 4.69) is 22.2 Å². The van der Waals surface area contributed by atoms with Crippen LogP contribution >= 0.6 is 34.3 Å². The van der Waals surface area contributed by atoms with Crippen LogP contribution in [0.4, 0.5) is 9.39 Å². The molecule has 3 aromatic heterocycles. The Morgan fingerprint density at radius 3 is 2.79 bits per heavy atom. The van der Waals surface area contributed by atoms with Crippen molar-refractivity contribution in [2.45, 2.75) is 25.8 Å². The average molecular weight is 450 g/mol. The van der Waals surface area contributed by atoms with Gasteiger partial charge in [0.15, 0.2) is 5.82 Å². The molecular weight excluding hydrogens is 429 g/mol. The number of aromatic nitrogens is 3. The van der Waals surface area contributed by atoms with Crippen molar-refractivity contribution in [2.75, 3.05) is 24.5 Å². The van der Waals surface area contributed by atoms with Crippen LogP contribution in [0.25, 0.3) is 31.0 Å². The van der Waals surface area contributed by atoms with E-state index in [0.29, 0.717) is 11.6 Å². The maximum atomic E-state index is 14.5. The van der Waals surface area contributed by atoms with Crippen molar-refractivity contribution < 1.29 is 4.39 Å². The smallest absolute Gasteiger partial charge is 0.152 e. The van der Waals surface area contributed by atoms with Gasteiger partial charge in [-0.1, -0.05) is 29.9 Å². The van der Waals surface area contributed by atoms with Gasteiger partial charge in [-0.2, -0.15) is 5.10 Å². The molecule has 5 rings (SSSR count). The molecule has 1 aliphatic heterocycles. The molecule has 1 fully saturated rings. The number of benzene rings is 1. The van der Waals surface area contributed by atoms with E-state index < -0.39 is 0 Å². The number of thiophene rings is 1. The number of hydrogen-bond acceptors (Lipinski definition) is 6. The maximum Gasteiger partial charge on any atom is 0.152 e. The number of piperidine rings is 1. The van der Waals surface area contributed by atoms with E-state index in [4.69, 9.17) is 16.6 Å². The molecule has 0 radical (unpaired) electrons. The molecule has 1 aliphatic rings. The summed E-state index contributed by atoms with van der Waals surface area (Å²) in [6.45, 7) is 5.16. The molecule has 5 nitrogen and oxygen atoms in total. The zero-order valence-electron chi connectivity index (χ0n) is 16.2. The SMILES string of the molecule is CCNC1CCN(c2sc3nc(-c4cc(F)c5nn(C)cc5c4)sc3c2Cl)CC1. The highest BCUT2D eigenvalue weighted by Gasteiger charge is 2.25. The normalized spacial score (nSPS) is 15.8. The molecule has 4 heterocycles. The zero-order chi connectivity index (χ0) is 20.1. The largest absolute Gasteiger partial charge is 0.362 e. The van der Waals surface area contributed by atoms with Crippen molar-refractivity contribution in [3.63, 3.8) is 0 Å². The van der Waals surface area contributed by atoms with E-state index in [1.165, 1.54) is 17.4 Å². The Morgan fingerprint density at radius 2 is 2.07 bits per heavy atom. The first-order valence-corrected chi connectivity index (χ1v) is 11.7. The lowest BCUT2D eigenvalue weighted by molar-refractivity contribution is 0.425. The van der Waals surface area contributed by atoms with Gasteiger partial charge in [-0.05, 0) is 31.5 Å². The molecule has 1 aromatic carbocycles. The molecular formula is C20H21ClFN5S2.